The van der Waals surface area contributed by atoms with Gasteiger partial charge in [0.2, 0.25) is 5.91 Å². The van der Waals surface area contributed by atoms with Gasteiger partial charge < -0.3 is 10.4 Å². The van der Waals surface area contributed by atoms with E-state index in [-0.39, 0.29) is 17.4 Å². The van der Waals surface area contributed by atoms with Gasteiger partial charge in [-0.2, -0.15) is 0 Å². The van der Waals surface area contributed by atoms with Crippen molar-refractivity contribution in [3.8, 4) is 22.8 Å². The third-order valence-corrected chi connectivity index (χ3v) is 7.04. The zero-order chi connectivity index (χ0) is 24.4. The number of aryl methyl sites for hydroxylation is 2. The first-order valence-electron chi connectivity index (χ1n) is 10.1. The van der Waals surface area contributed by atoms with Crippen LogP contribution < -0.4 is 5.32 Å². The molecule has 1 aromatic heterocycles. The average molecular weight is 578 g/mol. The monoisotopic (exact) mass is 576 g/mol. The van der Waals surface area contributed by atoms with Gasteiger partial charge in [0.1, 0.15) is 5.75 Å². The smallest absolute Gasteiger partial charge is 0.234 e. The largest absolute Gasteiger partial charge is 0.507 e. The fourth-order valence-corrected chi connectivity index (χ4v) is 5.02. The Balaban J connectivity index is 1.69. The summed E-state index contributed by atoms with van der Waals surface area (Å²) in [7, 11) is 0. The Morgan fingerprint density at radius 3 is 2.53 bits per heavy atom. The van der Waals surface area contributed by atoms with Crippen molar-refractivity contribution in [3.63, 3.8) is 0 Å². The number of para-hydroxylation sites is 1. The topological polar surface area (TPSA) is 80.0 Å². The summed E-state index contributed by atoms with van der Waals surface area (Å²) in [6.07, 6.45) is 0. The first-order valence-corrected chi connectivity index (χ1v) is 12.7. The van der Waals surface area contributed by atoms with Crippen LogP contribution in [0.5, 0.6) is 5.75 Å². The molecule has 0 fully saturated rings. The van der Waals surface area contributed by atoms with Crippen molar-refractivity contribution in [2.75, 3.05) is 11.1 Å². The maximum absolute atomic E-state index is 12.7. The van der Waals surface area contributed by atoms with Gasteiger partial charge in [0.15, 0.2) is 11.0 Å². The van der Waals surface area contributed by atoms with Crippen LogP contribution in [-0.4, -0.2) is 31.5 Å². The number of thioether (sulfide) groups is 1. The van der Waals surface area contributed by atoms with Gasteiger partial charge in [-0.05, 0) is 55.8 Å². The van der Waals surface area contributed by atoms with Crippen molar-refractivity contribution in [1.82, 2.24) is 14.8 Å². The number of nitrogens with zero attached hydrogens (tertiary/aromatic N) is 3. The van der Waals surface area contributed by atoms with Gasteiger partial charge in [0.25, 0.3) is 0 Å². The molecule has 4 aromatic rings. The average Bonchev–Trinajstić information content (AvgIpc) is 3.20. The standard InChI is InChI=1S/C24H19BrCl2N4O2S/c1-13-6-8-19(14(2)10-13)31-23(16-11-15(25)7-9-20(16)32)29-30-24(31)34-12-21(33)28-22-17(26)4-3-5-18(22)27/h3-11,32H,12H2,1-2H3,(H,28,33). The van der Waals surface area contributed by atoms with Crippen LogP contribution in [0.1, 0.15) is 11.1 Å². The summed E-state index contributed by atoms with van der Waals surface area (Å²) in [5.74, 6) is 0.295. The molecule has 0 spiro atoms. The van der Waals surface area contributed by atoms with E-state index in [1.165, 1.54) is 11.8 Å². The third-order valence-electron chi connectivity index (χ3n) is 4.99. The second kappa shape index (κ2) is 10.4. The van der Waals surface area contributed by atoms with E-state index in [1.807, 2.05) is 30.5 Å². The Bertz CT molecular complexity index is 1370. The minimum atomic E-state index is -0.290. The molecule has 0 aliphatic rings. The molecular formula is C24H19BrCl2N4O2S. The van der Waals surface area contributed by atoms with Gasteiger partial charge in [-0.25, -0.2) is 0 Å². The number of phenolic OH excluding ortho intramolecular Hbond substituents is 1. The minimum Gasteiger partial charge on any atom is -0.507 e. The number of rotatable bonds is 6. The number of nitrogens with one attached hydrogen (secondary N) is 1. The predicted molar refractivity (Wildman–Crippen MR) is 141 cm³/mol. The van der Waals surface area contributed by atoms with Crippen molar-refractivity contribution in [2.45, 2.75) is 19.0 Å². The number of benzene rings is 3. The number of aromatic hydroxyl groups is 1. The molecule has 0 saturated carbocycles. The van der Waals surface area contributed by atoms with Crippen LogP contribution in [0.25, 0.3) is 17.1 Å². The fourth-order valence-electron chi connectivity index (χ4n) is 3.42. The summed E-state index contributed by atoms with van der Waals surface area (Å²) in [4.78, 5) is 12.7. The molecule has 174 valence electrons. The quantitative estimate of drug-likeness (QED) is 0.240. The van der Waals surface area contributed by atoms with E-state index in [2.05, 4.69) is 37.5 Å². The number of halogens is 3. The van der Waals surface area contributed by atoms with Gasteiger partial charge in [-0.15, -0.1) is 10.2 Å². The van der Waals surface area contributed by atoms with Crippen LogP contribution in [0.2, 0.25) is 10.0 Å². The second-order valence-corrected chi connectivity index (χ2v) is 10.2. The van der Waals surface area contributed by atoms with Gasteiger partial charge in [-0.1, -0.05) is 74.7 Å². The summed E-state index contributed by atoms with van der Waals surface area (Å²) >= 11 is 17.0. The Labute approximate surface area is 219 Å². The molecule has 0 unspecified atom stereocenters. The van der Waals surface area contributed by atoms with Crippen LogP contribution in [0.15, 0.2) is 64.2 Å². The molecule has 0 saturated heterocycles. The molecule has 6 nitrogen and oxygen atoms in total. The van der Waals surface area contributed by atoms with Crippen LogP contribution in [0.4, 0.5) is 5.69 Å². The number of anilines is 1. The maximum atomic E-state index is 12.7. The molecule has 2 N–H and O–H groups in total. The first-order chi connectivity index (χ1) is 16.2. The summed E-state index contributed by atoms with van der Waals surface area (Å²) in [6.45, 7) is 4.01. The molecule has 10 heteroatoms. The van der Waals surface area contributed by atoms with Gasteiger partial charge in [0.05, 0.1) is 32.7 Å². The molecule has 34 heavy (non-hydrogen) atoms. The summed E-state index contributed by atoms with van der Waals surface area (Å²) in [6, 6.07) is 16.2. The SMILES string of the molecule is Cc1ccc(-n2c(SCC(=O)Nc3c(Cl)cccc3Cl)nnc2-c2cc(Br)ccc2O)c(C)c1. The number of carbonyl (C=O) groups is 1. The van der Waals surface area contributed by atoms with Crippen LogP contribution in [0, 0.1) is 13.8 Å². The highest BCUT2D eigenvalue weighted by Crippen LogP contribution is 2.36. The van der Waals surface area contributed by atoms with E-state index in [0.29, 0.717) is 32.3 Å². The Kier molecular flexibility index (Phi) is 7.52. The van der Waals surface area contributed by atoms with Crippen LogP contribution in [-0.2, 0) is 4.79 Å². The molecule has 1 heterocycles. The molecular weight excluding hydrogens is 559 g/mol. The normalized spacial score (nSPS) is 11.0. The van der Waals surface area contributed by atoms with Crippen molar-refractivity contribution >= 4 is 62.5 Å². The highest BCUT2D eigenvalue weighted by atomic mass is 79.9. The molecule has 1 amide bonds. The van der Waals surface area contributed by atoms with Crippen molar-refractivity contribution in [2.24, 2.45) is 0 Å². The Morgan fingerprint density at radius 2 is 1.82 bits per heavy atom. The summed E-state index contributed by atoms with van der Waals surface area (Å²) in [5, 5.41) is 23.2. The van der Waals surface area contributed by atoms with E-state index >= 15 is 0 Å². The Morgan fingerprint density at radius 1 is 1.09 bits per heavy atom. The maximum Gasteiger partial charge on any atom is 0.234 e. The number of hydrogen-bond acceptors (Lipinski definition) is 5. The predicted octanol–water partition coefficient (Wildman–Crippen LogP) is 7.06. The fraction of sp³-hybridized carbons (Fsp3) is 0.125. The zero-order valence-corrected chi connectivity index (χ0v) is 22.1. The van der Waals surface area contributed by atoms with Gasteiger partial charge >= 0.3 is 0 Å². The lowest BCUT2D eigenvalue weighted by Crippen LogP contribution is -2.15. The second-order valence-electron chi connectivity index (χ2n) is 7.53. The number of carbonyl (C=O) groups excluding carboxylic acids is 1. The van der Waals surface area contributed by atoms with Crippen molar-refractivity contribution < 1.29 is 9.90 Å². The van der Waals surface area contributed by atoms with Crippen molar-refractivity contribution in [3.05, 3.63) is 80.2 Å². The summed E-state index contributed by atoms with van der Waals surface area (Å²) < 4.78 is 2.64. The van der Waals surface area contributed by atoms with E-state index in [9.17, 15) is 9.90 Å². The lowest BCUT2D eigenvalue weighted by atomic mass is 10.1. The highest BCUT2D eigenvalue weighted by molar-refractivity contribution is 9.10. The van der Waals surface area contributed by atoms with Gasteiger partial charge in [0, 0.05) is 4.47 Å². The molecule has 0 bridgehead atoms. The molecule has 0 atom stereocenters. The number of amides is 1. The van der Waals surface area contributed by atoms with E-state index in [4.69, 9.17) is 23.2 Å². The highest BCUT2D eigenvalue weighted by Gasteiger charge is 2.21. The third kappa shape index (κ3) is 5.25. The lowest BCUT2D eigenvalue weighted by Gasteiger charge is -2.14. The van der Waals surface area contributed by atoms with E-state index in [1.54, 1.807) is 36.4 Å². The molecule has 4 rings (SSSR count). The lowest BCUT2D eigenvalue weighted by molar-refractivity contribution is -0.113. The summed E-state index contributed by atoms with van der Waals surface area (Å²) in [5.41, 5.74) is 3.85. The molecule has 3 aromatic carbocycles. The number of phenols is 1. The molecule has 0 aliphatic heterocycles. The van der Waals surface area contributed by atoms with E-state index in [0.717, 1.165) is 21.3 Å². The van der Waals surface area contributed by atoms with Crippen molar-refractivity contribution in [1.29, 1.82) is 0 Å². The Hall–Kier alpha value is -2.52. The van der Waals surface area contributed by atoms with E-state index < -0.39 is 0 Å². The van der Waals surface area contributed by atoms with Gasteiger partial charge in [-0.3, -0.25) is 9.36 Å². The molecule has 0 aliphatic carbocycles. The zero-order valence-electron chi connectivity index (χ0n) is 18.1. The van der Waals surface area contributed by atoms with Crippen LogP contribution >= 0.6 is 50.9 Å². The number of hydrogen-bond donors (Lipinski definition) is 2. The minimum absolute atomic E-state index is 0.0507. The van der Waals surface area contributed by atoms with Crippen LogP contribution in [0.3, 0.4) is 0 Å². The number of aromatic nitrogens is 3. The molecule has 0 radical (unpaired) electrons. The first kappa shape index (κ1) is 24.6.